The molecule has 0 aliphatic rings. The van der Waals surface area contributed by atoms with Gasteiger partial charge in [-0.25, -0.2) is 0 Å². The Morgan fingerprint density at radius 3 is 2.67 bits per heavy atom. The molecule has 15 heavy (non-hydrogen) atoms. The van der Waals surface area contributed by atoms with E-state index >= 15 is 0 Å². The highest BCUT2D eigenvalue weighted by Gasteiger charge is 2.16. The molecule has 0 radical (unpaired) electrons. The summed E-state index contributed by atoms with van der Waals surface area (Å²) in [5, 5.41) is 1.09. The Balaban J connectivity index is 2.52. The predicted molar refractivity (Wildman–Crippen MR) is 65.7 cm³/mol. The zero-order chi connectivity index (χ0) is 11.0. The number of furan rings is 1. The number of fused-ring (bicyclic) bond motifs is 1. The Morgan fingerprint density at radius 2 is 2.07 bits per heavy atom. The summed E-state index contributed by atoms with van der Waals surface area (Å²) in [6.45, 7) is 4.18. The second-order valence-electron chi connectivity index (χ2n) is 4.07. The molecule has 0 spiro atoms. The molecule has 0 unspecified atom stereocenters. The van der Waals surface area contributed by atoms with Crippen LogP contribution >= 0.6 is 15.9 Å². The molecule has 1 aromatic carbocycles. The van der Waals surface area contributed by atoms with Crippen LogP contribution in [0.25, 0.3) is 11.0 Å². The average molecular weight is 268 g/mol. The maximum atomic E-state index is 6.04. The number of benzene rings is 1. The van der Waals surface area contributed by atoms with Gasteiger partial charge in [-0.05, 0) is 24.1 Å². The monoisotopic (exact) mass is 267 g/mol. The van der Waals surface area contributed by atoms with Gasteiger partial charge in [0, 0.05) is 9.86 Å². The van der Waals surface area contributed by atoms with Gasteiger partial charge in [0.1, 0.15) is 11.3 Å². The van der Waals surface area contributed by atoms with Crippen molar-refractivity contribution in [2.75, 3.05) is 0 Å². The van der Waals surface area contributed by atoms with E-state index in [-0.39, 0.29) is 6.04 Å². The van der Waals surface area contributed by atoms with Gasteiger partial charge in [0.05, 0.1) is 6.04 Å². The van der Waals surface area contributed by atoms with E-state index in [9.17, 15) is 0 Å². The topological polar surface area (TPSA) is 39.2 Å². The molecule has 0 saturated heterocycles. The van der Waals surface area contributed by atoms with Crippen LogP contribution in [0.4, 0.5) is 0 Å². The molecule has 0 fully saturated rings. The number of rotatable bonds is 2. The fraction of sp³-hybridized carbons (Fsp3) is 0.333. The zero-order valence-corrected chi connectivity index (χ0v) is 10.4. The molecule has 80 valence electrons. The lowest BCUT2D eigenvalue weighted by atomic mass is 10.0. The van der Waals surface area contributed by atoms with Crippen molar-refractivity contribution < 1.29 is 4.42 Å². The first-order chi connectivity index (χ1) is 7.09. The van der Waals surface area contributed by atoms with Gasteiger partial charge >= 0.3 is 0 Å². The average Bonchev–Trinajstić information content (AvgIpc) is 2.61. The van der Waals surface area contributed by atoms with Crippen LogP contribution in [0.5, 0.6) is 0 Å². The van der Waals surface area contributed by atoms with Crippen LogP contribution in [0.1, 0.15) is 25.6 Å². The Labute approximate surface area is 97.6 Å². The molecule has 2 nitrogen and oxygen atoms in total. The van der Waals surface area contributed by atoms with Gasteiger partial charge in [0.2, 0.25) is 0 Å². The second-order valence-corrected chi connectivity index (χ2v) is 4.92. The lowest BCUT2D eigenvalue weighted by Crippen LogP contribution is -2.15. The van der Waals surface area contributed by atoms with Crippen LogP contribution < -0.4 is 5.73 Å². The zero-order valence-electron chi connectivity index (χ0n) is 8.83. The summed E-state index contributed by atoms with van der Waals surface area (Å²) in [5.74, 6) is 1.23. The summed E-state index contributed by atoms with van der Waals surface area (Å²) in [6, 6.07) is 7.90. The summed E-state index contributed by atoms with van der Waals surface area (Å²) in [5.41, 5.74) is 6.93. The SMILES string of the molecule is CC(C)[C@H](N)c1cc2c(Br)cccc2o1. The number of hydrogen-bond donors (Lipinski definition) is 1. The fourth-order valence-electron chi connectivity index (χ4n) is 1.54. The molecule has 1 atom stereocenters. The third-order valence-electron chi connectivity index (χ3n) is 2.57. The van der Waals surface area contributed by atoms with Crippen molar-refractivity contribution in [1.29, 1.82) is 0 Å². The molecular weight excluding hydrogens is 254 g/mol. The molecule has 1 aromatic heterocycles. The largest absolute Gasteiger partial charge is 0.459 e. The van der Waals surface area contributed by atoms with E-state index in [1.165, 1.54) is 0 Å². The fourth-order valence-corrected chi connectivity index (χ4v) is 2.00. The first kappa shape index (κ1) is 10.7. The molecule has 2 rings (SSSR count). The number of nitrogens with two attached hydrogens (primary N) is 1. The quantitative estimate of drug-likeness (QED) is 0.898. The molecule has 0 saturated carbocycles. The van der Waals surface area contributed by atoms with Crippen LogP contribution in [0.3, 0.4) is 0 Å². The maximum Gasteiger partial charge on any atom is 0.135 e. The Morgan fingerprint density at radius 1 is 1.33 bits per heavy atom. The summed E-state index contributed by atoms with van der Waals surface area (Å²) in [4.78, 5) is 0. The van der Waals surface area contributed by atoms with Crippen molar-refractivity contribution in [1.82, 2.24) is 0 Å². The van der Waals surface area contributed by atoms with Crippen molar-refractivity contribution >= 4 is 26.9 Å². The molecule has 0 bridgehead atoms. The van der Waals surface area contributed by atoms with E-state index < -0.39 is 0 Å². The van der Waals surface area contributed by atoms with Gasteiger partial charge in [-0.2, -0.15) is 0 Å². The van der Waals surface area contributed by atoms with Crippen molar-refractivity contribution in [2.24, 2.45) is 11.7 Å². The first-order valence-corrected chi connectivity index (χ1v) is 5.82. The second kappa shape index (κ2) is 3.99. The summed E-state index contributed by atoms with van der Waals surface area (Å²) in [6.07, 6.45) is 0. The third kappa shape index (κ3) is 1.94. The van der Waals surface area contributed by atoms with Gasteiger partial charge in [-0.3, -0.25) is 0 Å². The van der Waals surface area contributed by atoms with Crippen LogP contribution in [-0.2, 0) is 0 Å². The van der Waals surface area contributed by atoms with Crippen molar-refractivity contribution in [3.63, 3.8) is 0 Å². The van der Waals surface area contributed by atoms with E-state index in [4.69, 9.17) is 10.2 Å². The van der Waals surface area contributed by atoms with E-state index in [1.807, 2.05) is 24.3 Å². The molecule has 0 aliphatic heterocycles. The van der Waals surface area contributed by atoms with Crippen molar-refractivity contribution in [3.05, 3.63) is 34.5 Å². The number of halogens is 1. The molecule has 2 aromatic rings. The minimum atomic E-state index is -0.0377. The highest BCUT2D eigenvalue weighted by atomic mass is 79.9. The predicted octanol–water partition coefficient (Wildman–Crippen LogP) is 3.85. The minimum absolute atomic E-state index is 0.0377. The smallest absolute Gasteiger partial charge is 0.135 e. The van der Waals surface area contributed by atoms with Crippen molar-refractivity contribution in [3.8, 4) is 0 Å². The van der Waals surface area contributed by atoms with E-state index in [0.717, 1.165) is 21.2 Å². The van der Waals surface area contributed by atoms with Gasteiger partial charge < -0.3 is 10.2 Å². The van der Waals surface area contributed by atoms with Crippen LogP contribution in [0.15, 0.2) is 33.2 Å². The summed E-state index contributed by atoms with van der Waals surface area (Å²) < 4.78 is 6.76. The van der Waals surface area contributed by atoms with Crippen molar-refractivity contribution in [2.45, 2.75) is 19.9 Å². The Kier molecular flexibility index (Phi) is 2.85. The lowest BCUT2D eigenvalue weighted by molar-refractivity contribution is 0.418. The van der Waals surface area contributed by atoms with Crippen LogP contribution in [0.2, 0.25) is 0 Å². The third-order valence-corrected chi connectivity index (χ3v) is 3.27. The minimum Gasteiger partial charge on any atom is -0.459 e. The Hall–Kier alpha value is -0.800. The maximum absolute atomic E-state index is 6.04. The van der Waals surface area contributed by atoms with Gasteiger partial charge in [-0.15, -0.1) is 0 Å². The molecular formula is C12H14BrNO. The van der Waals surface area contributed by atoms with Gasteiger partial charge in [0.15, 0.2) is 0 Å². The summed E-state index contributed by atoms with van der Waals surface area (Å²) in [7, 11) is 0. The van der Waals surface area contributed by atoms with Crippen LogP contribution in [0, 0.1) is 5.92 Å². The van der Waals surface area contributed by atoms with Gasteiger partial charge in [0.25, 0.3) is 0 Å². The summed E-state index contributed by atoms with van der Waals surface area (Å²) >= 11 is 3.50. The molecule has 3 heteroatoms. The normalized spacial score (nSPS) is 13.7. The Bertz CT molecular complexity index is 475. The van der Waals surface area contributed by atoms with E-state index in [1.54, 1.807) is 0 Å². The van der Waals surface area contributed by atoms with E-state index in [2.05, 4.69) is 29.8 Å². The molecule has 0 aliphatic carbocycles. The van der Waals surface area contributed by atoms with E-state index in [0.29, 0.717) is 5.92 Å². The van der Waals surface area contributed by atoms with Gasteiger partial charge in [-0.1, -0.05) is 35.8 Å². The standard InChI is InChI=1S/C12H14BrNO/c1-7(2)12(14)11-6-8-9(13)4-3-5-10(8)15-11/h3-7,12H,14H2,1-2H3/t12-/m0/s1. The highest BCUT2D eigenvalue weighted by molar-refractivity contribution is 9.10. The lowest BCUT2D eigenvalue weighted by Gasteiger charge is -2.11. The molecule has 0 amide bonds. The molecule has 1 heterocycles. The molecule has 2 N–H and O–H groups in total. The first-order valence-electron chi connectivity index (χ1n) is 5.03. The number of hydrogen-bond acceptors (Lipinski definition) is 2. The highest BCUT2D eigenvalue weighted by Crippen LogP contribution is 2.30. The van der Waals surface area contributed by atoms with Crippen LogP contribution in [-0.4, -0.2) is 0 Å².